The van der Waals surface area contributed by atoms with Crippen molar-refractivity contribution in [3.8, 4) is 0 Å². The number of rotatable bonds is 8. The average Bonchev–Trinajstić information content (AvgIpc) is 3.03. The SMILES string of the molecule is Cc1ccc(C(=O)[C@@](O)(C(=O)O)[C@](O)(C(=O)O)C(=O)c2ccc(C)cc2)cc1.O=C1C(=Cc2cccnc2)N2CCC1CC2. The first-order valence-electron chi connectivity index (χ1n) is 13.9. The number of allylic oxidation sites excluding steroid dienone is 1. The number of benzene rings is 2. The predicted octanol–water partition coefficient (Wildman–Crippen LogP) is 2.72. The fourth-order valence-corrected chi connectivity index (χ4v) is 5.19. The molecule has 3 aliphatic heterocycles. The Morgan fingerprint density at radius 3 is 1.61 bits per heavy atom. The Morgan fingerprint density at radius 1 is 0.795 bits per heavy atom. The second kappa shape index (κ2) is 12.7. The summed E-state index contributed by atoms with van der Waals surface area (Å²) < 4.78 is 0. The molecule has 228 valence electrons. The molecule has 3 saturated heterocycles. The van der Waals surface area contributed by atoms with Crippen LogP contribution in [0.15, 0.2) is 78.8 Å². The molecule has 2 aromatic carbocycles. The smallest absolute Gasteiger partial charge is 0.348 e. The minimum absolute atomic E-state index is 0.271. The van der Waals surface area contributed by atoms with Gasteiger partial charge in [0.2, 0.25) is 11.6 Å². The van der Waals surface area contributed by atoms with Gasteiger partial charge in [0, 0.05) is 42.5 Å². The van der Waals surface area contributed by atoms with Crippen LogP contribution in [0, 0.1) is 19.8 Å². The van der Waals surface area contributed by atoms with Gasteiger partial charge in [0.05, 0.1) is 5.70 Å². The number of aliphatic hydroxyl groups is 2. The van der Waals surface area contributed by atoms with Gasteiger partial charge >= 0.3 is 11.9 Å². The number of carboxylic acid groups (broad SMARTS) is 2. The molecule has 44 heavy (non-hydrogen) atoms. The zero-order valence-electron chi connectivity index (χ0n) is 24.1. The third kappa shape index (κ3) is 5.92. The predicted molar refractivity (Wildman–Crippen MR) is 158 cm³/mol. The summed E-state index contributed by atoms with van der Waals surface area (Å²) in [7, 11) is 0. The number of hydrogen-bond donors (Lipinski definition) is 4. The fraction of sp³-hybridized carbons (Fsp3) is 0.273. The molecule has 0 amide bonds. The third-order valence-electron chi connectivity index (χ3n) is 7.87. The largest absolute Gasteiger partial charge is 0.479 e. The highest BCUT2D eigenvalue weighted by molar-refractivity contribution is 6.28. The topological polar surface area (TPSA) is 182 Å². The van der Waals surface area contributed by atoms with Crippen molar-refractivity contribution in [3.05, 3.63) is 107 Å². The maximum atomic E-state index is 12.8. The van der Waals surface area contributed by atoms with Gasteiger partial charge in [-0.3, -0.25) is 19.4 Å². The maximum absolute atomic E-state index is 12.8. The van der Waals surface area contributed by atoms with Gasteiger partial charge in [0.25, 0.3) is 11.2 Å². The van der Waals surface area contributed by atoms with Gasteiger partial charge in [-0.2, -0.15) is 0 Å². The minimum Gasteiger partial charge on any atom is -0.479 e. The van der Waals surface area contributed by atoms with Gasteiger partial charge < -0.3 is 25.3 Å². The molecule has 0 spiro atoms. The lowest BCUT2D eigenvalue weighted by Gasteiger charge is -2.41. The molecule has 0 radical (unpaired) electrons. The van der Waals surface area contributed by atoms with E-state index in [-0.39, 0.29) is 17.0 Å². The van der Waals surface area contributed by atoms with E-state index in [9.17, 15) is 44.4 Å². The molecule has 11 heteroatoms. The van der Waals surface area contributed by atoms with E-state index in [0.29, 0.717) is 16.9 Å². The Kier molecular flexibility index (Phi) is 9.22. The number of carbonyl (C=O) groups excluding carboxylic acids is 3. The van der Waals surface area contributed by atoms with Gasteiger partial charge in [-0.25, -0.2) is 9.59 Å². The van der Waals surface area contributed by atoms with E-state index < -0.39 is 34.7 Å². The average molecular weight is 601 g/mol. The Balaban J connectivity index is 0.000000231. The standard InChI is InChI=1S/C20H18O8.C13H14N2O/c1-11-3-7-13(8-4-11)15(21)19(27,17(23)24)20(28,18(25)26)16(22)14-9-5-12(2)6-10-14;16-13-11-3-6-15(7-4-11)12(13)8-10-2-1-5-14-9-10/h3-10,27-28H,1-2H3,(H,23,24)(H,25,26);1-2,5,8-9,11H,3-4,6-7H2/t19-,20-;/m1./s1. The molecule has 0 saturated carbocycles. The normalized spacial score (nSPS) is 18.0. The van der Waals surface area contributed by atoms with Crippen LogP contribution in [0.2, 0.25) is 0 Å². The van der Waals surface area contributed by atoms with E-state index in [1.165, 1.54) is 24.3 Å². The minimum atomic E-state index is -3.96. The number of fused-ring (bicyclic) bond motifs is 3. The molecule has 0 unspecified atom stereocenters. The number of ketones is 3. The lowest BCUT2D eigenvalue weighted by atomic mass is 9.73. The first-order valence-corrected chi connectivity index (χ1v) is 13.9. The van der Waals surface area contributed by atoms with Crippen LogP contribution in [-0.4, -0.2) is 83.9 Å². The molecule has 6 rings (SSSR count). The number of nitrogens with zero attached hydrogens (tertiary/aromatic N) is 2. The van der Waals surface area contributed by atoms with Crippen LogP contribution in [-0.2, 0) is 14.4 Å². The van der Waals surface area contributed by atoms with E-state index in [4.69, 9.17) is 0 Å². The van der Waals surface area contributed by atoms with Crippen molar-refractivity contribution in [1.29, 1.82) is 0 Å². The van der Waals surface area contributed by atoms with Crippen molar-refractivity contribution < 1.29 is 44.4 Å². The van der Waals surface area contributed by atoms with E-state index in [1.54, 1.807) is 26.2 Å². The number of aliphatic carboxylic acids is 2. The van der Waals surface area contributed by atoms with Crippen LogP contribution in [0.1, 0.15) is 50.2 Å². The van der Waals surface area contributed by atoms with Gasteiger partial charge in [0.1, 0.15) is 0 Å². The molecule has 3 aliphatic rings. The highest BCUT2D eigenvalue weighted by atomic mass is 16.5. The number of carboxylic acids is 2. The van der Waals surface area contributed by atoms with Crippen molar-refractivity contribution in [1.82, 2.24) is 9.88 Å². The number of aryl methyl sites for hydroxylation is 2. The Morgan fingerprint density at radius 2 is 1.25 bits per heavy atom. The monoisotopic (exact) mass is 600 g/mol. The summed E-state index contributed by atoms with van der Waals surface area (Å²) in [5.41, 5.74) is -5.38. The highest BCUT2D eigenvalue weighted by Gasteiger charge is 2.69. The number of Topliss-reactive ketones (excluding diaryl/α,β-unsaturated/α-hetero) is 3. The Labute approximate surface area is 253 Å². The molecule has 3 aromatic rings. The van der Waals surface area contributed by atoms with E-state index in [2.05, 4.69) is 9.88 Å². The van der Waals surface area contributed by atoms with E-state index in [0.717, 1.165) is 61.5 Å². The van der Waals surface area contributed by atoms with Gasteiger partial charge in [-0.05, 0) is 44.4 Å². The number of piperidine rings is 3. The zero-order chi connectivity index (χ0) is 32.2. The second-order valence-electron chi connectivity index (χ2n) is 10.9. The maximum Gasteiger partial charge on any atom is 0.348 e. The quantitative estimate of drug-likeness (QED) is 0.169. The van der Waals surface area contributed by atoms with Crippen LogP contribution in [0.4, 0.5) is 0 Å². The summed E-state index contributed by atoms with van der Waals surface area (Å²) in [6.07, 6.45) is 7.58. The Hall–Kier alpha value is -5.00. The number of pyridine rings is 1. The van der Waals surface area contributed by atoms with E-state index in [1.807, 2.05) is 18.2 Å². The van der Waals surface area contributed by atoms with Crippen LogP contribution in [0.3, 0.4) is 0 Å². The Bertz CT molecular complexity index is 1530. The van der Waals surface area contributed by atoms with Gasteiger partial charge in [0.15, 0.2) is 5.78 Å². The van der Waals surface area contributed by atoms with Crippen molar-refractivity contribution in [2.45, 2.75) is 37.9 Å². The van der Waals surface area contributed by atoms with Gasteiger partial charge in [-0.1, -0.05) is 65.7 Å². The molecule has 4 heterocycles. The zero-order valence-corrected chi connectivity index (χ0v) is 24.1. The van der Waals surface area contributed by atoms with Crippen molar-refractivity contribution in [2.24, 2.45) is 5.92 Å². The molecule has 3 fully saturated rings. The van der Waals surface area contributed by atoms with Crippen molar-refractivity contribution >= 4 is 35.4 Å². The molecular formula is C33H32N2O9. The molecule has 1 aromatic heterocycles. The van der Waals surface area contributed by atoms with Crippen LogP contribution in [0.5, 0.6) is 0 Å². The second-order valence-corrected chi connectivity index (χ2v) is 10.9. The van der Waals surface area contributed by atoms with Crippen molar-refractivity contribution in [3.63, 3.8) is 0 Å². The lowest BCUT2D eigenvalue weighted by Crippen LogP contribution is -2.71. The van der Waals surface area contributed by atoms with Gasteiger partial charge in [-0.15, -0.1) is 0 Å². The van der Waals surface area contributed by atoms with Crippen molar-refractivity contribution in [2.75, 3.05) is 13.1 Å². The molecule has 2 atom stereocenters. The molecular weight excluding hydrogens is 568 g/mol. The highest BCUT2D eigenvalue weighted by Crippen LogP contribution is 2.33. The van der Waals surface area contributed by atoms with Crippen LogP contribution < -0.4 is 0 Å². The number of aromatic nitrogens is 1. The van der Waals surface area contributed by atoms with Crippen LogP contribution in [0.25, 0.3) is 6.08 Å². The lowest BCUT2D eigenvalue weighted by molar-refractivity contribution is -0.187. The summed E-state index contributed by atoms with van der Waals surface area (Å²) >= 11 is 0. The fourth-order valence-electron chi connectivity index (χ4n) is 5.19. The first kappa shape index (κ1) is 31.9. The molecule has 4 N–H and O–H groups in total. The number of hydrogen-bond acceptors (Lipinski definition) is 9. The molecule has 0 aliphatic carbocycles. The van der Waals surface area contributed by atoms with E-state index >= 15 is 0 Å². The summed E-state index contributed by atoms with van der Waals surface area (Å²) in [4.78, 5) is 67.4. The summed E-state index contributed by atoms with van der Waals surface area (Å²) in [6.45, 7) is 5.43. The number of carbonyl (C=O) groups is 5. The summed E-state index contributed by atoms with van der Waals surface area (Å²) in [5.74, 6) is -7.42. The summed E-state index contributed by atoms with van der Waals surface area (Å²) in [6, 6.07) is 14.2. The third-order valence-corrected chi connectivity index (χ3v) is 7.87. The summed E-state index contributed by atoms with van der Waals surface area (Å²) in [5, 5.41) is 40.3. The van der Waals surface area contributed by atoms with Crippen LogP contribution >= 0.6 is 0 Å². The molecule has 2 bridgehead atoms. The molecule has 11 nitrogen and oxygen atoms in total. The first-order chi connectivity index (χ1) is 20.8.